The highest BCUT2D eigenvalue weighted by Crippen LogP contribution is 2.13. The Balaban J connectivity index is 0.000000557. The van der Waals surface area contributed by atoms with Gasteiger partial charge in [-0.1, -0.05) is 0 Å². The summed E-state index contributed by atoms with van der Waals surface area (Å²) in [6, 6.07) is 6.76. The topological polar surface area (TPSA) is 109 Å². The van der Waals surface area contributed by atoms with Gasteiger partial charge in [0.15, 0.2) is 0 Å². The second-order valence-electron chi connectivity index (χ2n) is 3.28. The summed E-state index contributed by atoms with van der Waals surface area (Å²) in [5.41, 5.74) is 1.33. The summed E-state index contributed by atoms with van der Waals surface area (Å²) in [5, 5.41) is 25.1. The maximum absolute atomic E-state index is 10.3. The SMILES string of the molecule is C[S+](C)Cc1ccc([N+](=O)[O-])cc1.O=[N+]([O-])[O-]. The molecule has 0 aliphatic rings. The fourth-order valence-electron chi connectivity index (χ4n) is 1.05. The Morgan fingerprint density at radius 2 is 1.47 bits per heavy atom. The molecule has 0 aromatic heterocycles. The molecule has 0 atom stereocenters. The van der Waals surface area contributed by atoms with Crippen LogP contribution in [-0.4, -0.2) is 22.5 Å². The van der Waals surface area contributed by atoms with E-state index in [1.165, 1.54) is 5.56 Å². The maximum atomic E-state index is 10.3. The first-order valence-corrected chi connectivity index (χ1v) is 6.63. The van der Waals surface area contributed by atoms with E-state index in [0.29, 0.717) is 10.9 Å². The van der Waals surface area contributed by atoms with Crippen LogP contribution in [0, 0.1) is 25.4 Å². The fourth-order valence-corrected chi connectivity index (χ4v) is 1.91. The van der Waals surface area contributed by atoms with Gasteiger partial charge < -0.3 is 15.3 Å². The Kier molecular flexibility index (Phi) is 6.64. The van der Waals surface area contributed by atoms with Crippen molar-refractivity contribution >= 4 is 16.6 Å². The lowest BCUT2D eigenvalue weighted by Gasteiger charge is -1.97. The van der Waals surface area contributed by atoms with Gasteiger partial charge in [-0.3, -0.25) is 10.1 Å². The van der Waals surface area contributed by atoms with Crippen molar-refractivity contribution in [3.8, 4) is 0 Å². The van der Waals surface area contributed by atoms with Crippen LogP contribution in [0.25, 0.3) is 0 Å². The average Bonchev–Trinajstić information content (AvgIpc) is 2.16. The molecule has 0 N–H and O–H groups in total. The molecule has 1 aromatic carbocycles. The van der Waals surface area contributed by atoms with Crippen LogP contribution in [0.4, 0.5) is 5.69 Å². The van der Waals surface area contributed by atoms with E-state index < -0.39 is 5.09 Å². The van der Waals surface area contributed by atoms with E-state index >= 15 is 0 Å². The highest BCUT2D eigenvalue weighted by atomic mass is 32.2. The molecule has 0 fully saturated rings. The third-order valence-electron chi connectivity index (χ3n) is 1.60. The summed E-state index contributed by atoms with van der Waals surface area (Å²) >= 11 is 0. The molecule has 0 bridgehead atoms. The standard InChI is InChI=1S/C9H12NO2S.NO3/c1-13(2)7-8-3-5-9(6-4-8)10(11)12;2-1(3)4/h3-6H,7H2,1-2H3;/q+1;-1. The molecule has 1 rings (SSSR count). The number of non-ortho nitro benzene ring substituents is 1. The molecule has 0 amide bonds. The normalized spacial score (nSPS) is 9.35. The third kappa shape index (κ3) is 8.03. The first kappa shape index (κ1) is 15.2. The van der Waals surface area contributed by atoms with Gasteiger partial charge in [0, 0.05) is 17.7 Å². The number of nitrogens with zero attached hydrogens (tertiary/aromatic N) is 2. The Morgan fingerprint density at radius 3 is 1.76 bits per heavy atom. The number of nitro groups is 1. The van der Waals surface area contributed by atoms with Gasteiger partial charge in [0.2, 0.25) is 0 Å². The van der Waals surface area contributed by atoms with Gasteiger partial charge >= 0.3 is 0 Å². The van der Waals surface area contributed by atoms with Crippen LogP contribution in [0.2, 0.25) is 0 Å². The van der Waals surface area contributed by atoms with Crippen LogP contribution in [-0.2, 0) is 16.6 Å². The summed E-state index contributed by atoms with van der Waals surface area (Å²) in [7, 11) is 0.346. The first-order chi connectivity index (χ1) is 7.82. The summed E-state index contributed by atoms with van der Waals surface area (Å²) < 4.78 is 0. The smallest absolute Gasteiger partial charge is 0.269 e. The molecule has 0 saturated heterocycles. The fraction of sp³-hybridized carbons (Fsp3) is 0.333. The highest BCUT2D eigenvalue weighted by Gasteiger charge is 2.07. The van der Waals surface area contributed by atoms with Crippen molar-refractivity contribution in [2.75, 3.05) is 12.5 Å². The van der Waals surface area contributed by atoms with Crippen molar-refractivity contribution in [1.82, 2.24) is 0 Å². The van der Waals surface area contributed by atoms with Crippen molar-refractivity contribution in [2.45, 2.75) is 5.75 Å². The molecule has 0 radical (unpaired) electrons. The van der Waals surface area contributed by atoms with Crippen LogP contribution in [0.3, 0.4) is 0 Å². The molecule has 94 valence electrons. The van der Waals surface area contributed by atoms with Crippen LogP contribution < -0.4 is 0 Å². The Labute approximate surface area is 101 Å². The van der Waals surface area contributed by atoms with Gasteiger partial charge in [-0.05, 0) is 23.0 Å². The predicted molar refractivity (Wildman–Crippen MR) is 66.4 cm³/mol. The minimum absolute atomic E-state index is 0.163. The van der Waals surface area contributed by atoms with Gasteiger partial charge in [0.25, 0.3) is 5.69 Å². The summed E-state index contributed by atoms with van der Waals surface area (Å²) in [4.78, 5) is 18.2. The van der Waals surface area contributed by atoms with Crippen LogP contribution >= 0.6 is 0 Å². The van der Waals surface area contributed by atoms with Crippen molar-refractivity contribution in [2.24, 2.45) is 0 Å². The summed E-state index contributed by atoms with van der Waals surface area (Å²) in [6.07, 6.45) is 4.31. The predicted octanol–water partition coefficient (Wildman–Crippen LogP) is 1.73. The average molecular weight is 260 g/mol. The molecule has 0 spiro atoms. The number of hydrogen-bond donors (Lipinski definition) is 0. The molecule has 0 saturated carbocycles. The van der Waals surface area contributed by atoms with Gasteiger partial charge in [0.05, 0.1) is 22.5 Å². The van der Waals surface area contributed by atoms with Crippen molar-refractivity contribution < 1.29 is 10.0 Å². The quantitative estimate of drug-likeness (QED) is 0.467. The van der Waals surface area contributed by atoms with E-state index in [0.717, 1.165) is 5.75 Å². The number of nitro benzene ring substituents is 1. The van der Waals surface area contributed by atoms with Crippen molar-refractivity contribution in [1.29, 1.82) is 0 Å². The first-order valence-electron chi connectivity index (χ1n) is 4.42. The molecule has 17 heavy (non-hydrogen) atoms. The van der Waals surface area contributed by atoms with Gasteiger partial charge in [-0.2, -0.15) is 0 Å². The lowest BCUT2D eigenvalue weighted by molar-refractivity contribution is -0.402. The van der Waals surface area contributed by atoms with Crippen molar-refractivity contribution in [3.63, 3.8) is 0 Å². The zero-order valence-electron chi connectivity index (χ0n) is 9.36. The third-order valence-corrected chi connectivity index (χ3v) is 2.51. The minimum Gasteiger partial charge on any atom is -0.356 e. The molecule has 0 aliphatic carbocycles. The van der Waals surface area contributed by atoms with Gasteiger partial charge in [0.1, 0.15) is 5.75 Å². The molecule has 0 aliphatic heterocycles. The van der Waals surface area contributed by atoms with E-state index in [1.54, 1.807) is 12.1 Å². The monoisotopic (exact) mass is 260 g/mol. The van der Waals surface area contributed by atoms with Crippen LogP contribution in [0.5, 0.6) is 0 Å². The second kappa shape index (κ2) is 7.44. The Bertz CT molecular complexity index is 375. The van der Waals surface area contributed by atoms with Crippen LogP contribution in [0.1, 0.15) is 5.56 Å². The Morgan fingerprint density at radius 1 is 1.06 bits per heavy atom. The number of benzene rings is 1. The highest BCUT2D eigenvalue weighted by molar-refractivity contribution is 7.94. The molecule has 8 heteroatoms. The van der Waals surface area contributed by atoms with Crippen molar-refractivity contribution in [3.05, 3.63) is 55.3 Å². The zero-order valence-corrected chi connectivity index (χ0v) is 10.2. The Hall–Kier alpha value is -1.83. The van der Waals surface area contributed by atoms with E-state index in [9.17, 15) is 10.1 Å². The number of rotatable bonds is 3. The summed E-state index contributed by atoms with van der Waals surface area (Å²) in [6.45, 7) is 0. The molecule has 1 aromatic rings. The van der Waals surface area contributed by atoms with Crippen LogP contribution in [0.15, 0.2) is 24.3 Å². The largest absolute Gasteiger partial charge is 0.356 e. The summed E-state index contributed by atoms with van der Waals surface area (Å²) in [5.74, 6) is 0.998. The maximum Gasteiger partial charge on any atom is 0.269 e. The zero-order chi connectivity index (χ0) is 13.4. The van der Waals surface area contributed by atoms with E-state index in [1.807, 2.05) is 12.1 Å². The molecular formula is C9H12N2O5S. The van der Waals surface area contributed by atoms with Gasteiger partial charge in [-0.15, -0.1) is 0 Å². The van der Waals surface area contributed by atoms with Gasteiger partial charge in [-0.25, -0.2) is 0 Å². The minimum atomic E-state index is -1.75. The second-order valence-corrected chi connectivity index (χ2v) is 5.54. The molecule has 7 nitrogen and oxygen atoms in total. The lowest BCUT2D eigenvalue weighted by Crippen LogP contribution is -1.99. The van der Waals surface area contributed by atoms with E-state index in [-0.39, 0.29) is 10.6 Å². The number of hydrogen-bond acceptors (Lipinski definition) is 5. The van der Waals surface area contributed by atoms with E-state index in [2.05, 4.69) is 12.5 Å². The molecule has 0 unspecified atom stereocenters. The molecule has 0 heterocycles. The molecular weight excluding hydrogens is 248 g/mol. The lowest BCUT2D eigenvalue weighted by atomic mass is 10.2. The van der Waals surface area contributed by atoms with E-state index in [4.69, 9.17) is 15.3 Å².